The molecule has 0 amide bonds. The Morgan fingerprint density at radius 1 is 1.44 bits per heavy atom. The van der Waals surface area contributed by atoms with Gasteiger partial charge in [-0.05, 0) is 25.1 Å². The highest BCUT2D eigenvalue weighted by atomic mass is 19.1. The van der Waals surface area contributed by atoms with E-state index in [4.69, 9.17) is 4.74 Å². The predicted molar refractivity (Wildman–Crippen MR) is 71.3 cm³/mol. The molecule has 18 heavy (non-hydrogen) atoms. The van der Waals surface area contributed by atoms with Gasteiger partial charge < -0.3 is 10.1 Å². The second-order valence-electron chi connectivity index (χ2n) is 5.27. The highest BCUT2D eigenvalue weighted by molar-refractivity contribution is 5.24. The van der Waals surface area contributed by atoms with Gasteiger partial charge in [0.1, 0.15) is 17.7 Å². The van der Waals surface area contributed by atoms with Gasteiger partial charge in [0.05, 0.1) is 0 Å². The first-order valence-electron chi connectivity index (χ1n) is 6.75. The average Bonchev–Trinajstić information content (AvgIpc) is 2.36. The van der Waals surface area contributed by atoms with Crippen LogP contribution in [0.3, 0.4) is 0 Å². The number of halogens is 1. The van der Waals surface area contributed by atoms with E-state index in [0.717, 1.165) is 19.4 Å². The molecule has 0 radical (unpaired) electrons. The van der Waals surface area contributed by atoms with Crippen molar-refractivity contribution in [2.24, 2.45) is 5.41 Å². The molecule has 0 aliphatic heterocycles. The zero-order valence-electron chi connectivity index (χ0n) is 11.4. The summed E-state index contributed by atoms with van der Waals surface area (Å²) in [6.45, 7) is 7.53. The fourth-order valence-corrected chi connectivity index (χ4v) is 2.74. The van der Waals surface area contributed by atoms with Gasteiger partial charge in [-0.3, -0.25) is 0 Å². The van der Waals surface area contributed by atoms with E-state index >= 15 is 0 Å². The lowest BCUT2D eigenvalue weighted by Gasteiger charge is -2.53. The summed E-state index contributed by atoms with van der Waals surface area (Å²) >= 11 is 0. The Balaban J connectivity index is 2.03. The summed E-state index contributed by atoms with van der Waals surface area (Å²) in [4.78, 5) is 0. The topological polar surface area (TPSA) is 21.3 Å². The Labute approximate surface area is 109 Å². The average molecular weight is 251 g/mol. The monoisotopic (exact) mass is 251 g/mol. The van der Waals surface area contributed by atoms with Crippen LogP contribution in [0.1, 0.15) is 33.6 Å². The van der Waals surface area contributed by atoms with Crippen molar-refractivity contribution in [1.82, 2.24) is 5.32 Å². The normalized spacial score (nSPS) is 30.9. The summed E-state index contributed by atoms with van der Waals surface area (Å²) < 4.78 is 19.1. The Morgan fingerprint density at radius 3 is 2.83 bits per heavy atom. The largest absolute Gasteiger partial charge is 0.490 e. The third-order valence-corrected chi connectivity index (χ3v) is 4.27. The molecule has 1 aromatic rings. The van der Waals surface area contributed by atoms with E-state index in [0.29, 0.717) is 11.8 Å². The third kappa shape index (κ3) is 2.37. The molecule has 2 nitrogen and oxygen atoms in total. The van der Waals surface area contributed by atoms with E-state index in [1.807, 2.05) is 6.07 Å². The van der Waals surface area contributed by atoms with Crippen LogP contribution < -0.4 is 10.1 Å². The maximum atomic E-state index is 13.1. The second kappa shape index (κ2) is 5.27. The smallest absolute Gasteiger partial charge is 0.126 e. The summed E-state index contributed by atoms with van der Waals surface area (Å²) in [5, 5.41) is 3.50. The van der Waals surface area contributed by atoms with Gasteiger partial charge in [0, 0.05) is 23.9 Å². The van der Waals surface area contributed by atoms with Crippen LogP contribution in [-0.2, 0) is 0 Å². The number of nitrogens with one attached hydrogen (secondary N) is 1. The lowest BCUT2D eigenvalue weighted by Crippen LogP contribution is -2.63. The maximum absolute atomic E-state index is 13.1. The molecule has 1 aromatic carbocycles. The lowest BCUT2D eigenvalue weighted by molar-refractivity contribution is -0.0697. The van der Waals surface area contributed by atoms with Crippen LogP contribution in [0.5, 0.6) is 5.75 Å². The number of rotatable bonds is 5. The number of hydrogen-bond donors (Lipinski definition) is 1. The molecule has 100 valence electrons. The van der Waals surface area contributed by atoms with E-state index in [1.54, 1.807) is 6.07 Å². The van der Waals surface area contributed by atoms with E-state index in [1.165, 1.54) is 12.1 Å². The summed E-state index contributed by atoms with van der Waals surface area (Å²) in [6.07, 6.45) is 2.23. The SMILES string of the molecule is CCNC1CC(Oc2cccc(F)c2)C1(C)CC. The van der Waals surface area contributed by atoms with Gasteiger partial charge >= 0.3 is 0 Å². The summed E-state index contributed by atoms with van der Waals surface area (Å²) in [6, 6.07) is 6.91. The quantitative estimate of drug-likeness (QED) is 0.866. The van der Waals surface area contributed by atoms with Crippen molar-refractivity contribution in [2.75, 3.05) is 6.54 Å². The Bertz CT molecular complexity index is 409. The first kappa shape index (κ1) is 13.3. The van der Waals surface area contributed by atoms with Gasteiger partial charge in [0.2, 0.25) is 0 Å². The first-order valence-corrected chi connectivity index (χ1v) is 6.75. The molecule has 0 spiro atoms. The minimum absolute atomic E-state index is 0.141. The molecule has 0 saturated heterocycles. The van der Waals surface area contributed by atoms with Crippen LogP contribution in [0.25, 0.3) is 0 Å². The van der Waals surface area contributed by atoms with Gasteiger partial charge in [0.25, 0.3) is 0 Å². The first-order chi connectivity index (χ1) is 8.60. The fourth-order valence-electron chi connectivity index (χ4n) is 2.74. The van der Waals surface area contributed by atoms with Crippen molar-refractivity contribution in [1.29, 1.82) is 0 Å². The van der Waals surface area contributed by atoms with Gasteiger partial charge in [-0.2, -0.15) is 0 Å². The van der Waals surface area contributed by atoms with E-state index in [-0.39, 0.29) is 17.3 Å². The minimum Gasteiger partial charge on any atom is -0.490 e. The molecule has 1 fully saturated rings. The minimum atomic E-state index is -0.242. The molecule has 0 bridgehead atoms. The molecule has 1 saturated carbocycles. The molecule has 2 rings (SSSR count). The van der Waals surface area contributed by atoms with Gasteiger partial charge in [-0.1, -0.05) is 26.8 Å². The van der Waals surface area contributed by atoms with E-state index in [9.17, 15) is 4.39 Å². The van der Waals surface area contributed by atoms with Gasteiger partial charge in [-0.15, -0.1) is 0 Å². The molecule has 1 N–H and O–H groups in total. The third-order valence-electron chi connectivity index (χ3n) is 4.27. The van der Waals surface area contributed by atoms with Crippen molar-refractivity contribution < 1.29 is 9.13 Å². The molecule has 3 atom stereocenters. The van der Waals surface area contributed by atoms with Gasteiger partial charge in [0.15, 0.2) is 0 Å². The van der Waals surface area contributed by atoms with Gasteiger partial charge in [-0.25, -0.2) is 4.39 Å². The van der Waals surface area contributed by atoms with Crippen LogP contribution in [0.4, 0.5) is 4.39 Å². The van der Waals surface area contributed by atoms with Crippen molar-refractivity contribution in [3.63, 3.8) is 0 Å². The molecule has 0 heterocycles. The lowest BCUT2D eigenvalue weighted by atomic mass is 9.61. The predicted octanol–water partition coefficient (Wildman–Crippen LogP) is 3.37. The van der Waals surface area contributed by atoms with Crippen molar-refractivity contribution in [3.05, 3.63) is 30.1 Å². The van der Waals surface area contributed by atoms with Crippen LogP contribution >= 0.6 is 0 Å². The molecule has 0 aromatic heterocycles. The van der Waals surface area contributed by atoms with Crippen LogP contribution in [-0.4, -0.2) is 18.7 Å². The summed E-state index contributed by atoms with van der Waals surface area (Å²) in [5.74, 6) is 0.392. The second-order valence-corrected chi connectivity index (χ2v) is 5.27. The molecule has 3 unspecified atom stereocenters. The highest BCUT2D eigenvalue weighted by Crippen LogP contribution is 2.46. The fraction of sp³-hybridized carbons (Fsp3) is 0.600. The summed E-state index contributed by atoms with van der Waals surface area (Å²) in [5.41, 5.74) is 0.141. The molecular weight excluding hydrogens is 229 g/mol. The summed E-state index contributed by atoms with van der Waals surface area (Å²) in [7, 11) is 0. The van der Waals surface area contributed by atoms with Crippen molar-refractivity contribution >= 4 is 0 Å². The molecular formula is C15H22FNO. The maximum Gasteiger partial charge on any atom is 0.126 e. The zero-order valence-corrected chi connectivity index (χ0v) is 11.4. The number of benzene rings is 1. The molecule has 3 heteroatoms. The highest BCUT2D eigenvalue weighted by Gasteiger charge is 2.51. The number of hydrogen-bond acceptors (Lipinski definition) is 2. The van der Waals surface area contributed by atoms with Crippen LogP contribution in [0.2, 0.25) is 0 Å². The number of ether oxygens (including phenoxy) is 1. The zero-order chi connectivity index (χ0) is 13.2. The van der Waals surface area contributed by atoms with Crippen molar-refractivity contribution in [2.45, 2.75) is 45.8 Å². The molecule has 1 aliphatic rings. The van der Waals surface area contributed by atoms with E-state index < -0.39 is 0 Å². The standard InChI is InChI=1S/C15H22FNO/c1-4-15(3)13(17-5-2)10-14(15)18-12-8-6-7-11(16)9-12/h6-9,13-14,17H,4-5,10H2,1-3H3. The Kier molecular flexibility index (Phi) is 3.91. The van der Waals surface area contributed by atoms with Crippen LogP contribution in [0, 0.1) is 11.2 Å². The molecule has 1 aliphatic carbocycles. The van der Waals surface area contributed by atoms with E-state index in [2.05, 4.69) is 26.1 Å². The Morgan fingerprint density at radius 2 is 2.22 bits per heavy atom. The van der Waals surface area contributed by atoms with Crippen LogP contribution in [0.15, 0.2) is 24.3 Å². The Hall–Kier alpha value is -1.09. The van der Waals surface area contributed by atoms with Crippen molar-refractivity contribution in [3.8, 4) is 5.75 Å².